The van der Waals surface area contributed by atoms with E-state index in [-0.39, 0.29) is 36.5 Å². The molecule has 8 nitrogen and oxygen atoms in total. The number of nitrogens with zero attached hydrogens (tertiary/aromatic N) is 2. The zero-order chi connectivity index (χ0) is 21.1. The number of anilines is 1. The number of nitrogens with one attached hydrogen (secondary N) is 3. The summed E-state index contributed by atoms with van der Waals surface area (Å²) < 4.78 is 6.19. The van der Waals surface area contributed by atoms with Crippen LogP contribution in [0.15, 0.2) is 29.8 Å². The van der Waals surface area contributed by atoms with E-state index in [1.54, 1.807) is 5.51 Å². The van der Waals surface area contributed by atoms with Crippen LogP contribution in [0.25, 0.3) is 10.2 Å². The number of benzene rings is 1. The fourth-order valence-corrected chi connectivity index (χ4v) is 4.67. The Hall–Kier alpha value is -2.94. The van der Waals surface area contributed by atoms with Gasteiger partial charge in [-0.15, -0.1) is 11.3 Å². The molecule has 1 aliphatic rings. The van der Waals surface area contributed by atoms with Gasteiger partial charge in [-0.2, -0.15) is 5.10 Å². The van der Waals surface area contributed by atoms with Crippen molar-refractivity contribution in [2.45, 2.75) is 57.6 Å². The number of thiazole rings is 1. The molecule has 0 radical (unpaired) electrons. The first-order chi connectivity index (χ1) is 14.5. The van der Waals surface area contributed by atoms with Crippen LogP contribution in [0.2, 0.25) is 0 Å². The predicted octanol–water partition coefficient (Wildman–Crippen LogP) is 3.97. The number of hydrogen-bond acceptors (Lipinski definition) is 6. The fourth-order valence-electron chi connectivity index (χ4n) is 3.86. The number of carbonyl (C=O) groups is 2. The van der Waals surface area contributed by atoms with Gasteiger partial charge in [-0.25, -0.2) is 9.78 Å². The van der Waals surface area contributed by atoms with Crippen LogP contribution in [0.5, 0.6) is 0 Å². The lowest BCUT2D eigenvalue weighted by Crippen LogP contribution is -2.34. The van der Waals surface area contributed by atoms with Gasteiger partial charge in [0.15, 0.2) is 5.82 Å². The Morgan fingerprint density at radius 1 is 1.33 bits per heavy atom. The lowest BCUT2D eigenvalue weighted by Gasteiger charge is -2.14. The Morgan fingerprint density at radius 2 is 2.20 bits per heavy atom. The zero-order valence-corrected chi connectivity index (χ0v) is 17.8. The number of hydrogen-bond donors (Lipinski definition) is 3. The Kier molecular flexibility index (Phi) is 5.98. The number of ether oxygens (including phenoxy) is 1. The highest BCUT2D eigenvalue weighted by Crippen LogP contribution is 2.34. The molecule has 2 atom stereocenters. The lowest BCUT2D eigenvalue weighted by atomic mass is 10.0. The molecule has 3 N–H and O–H groups in total. The van der Waals surface area contributed by atoms with Crippen molar-refractivity contribution < 1.29 is 14.3 Å². The number of amides is 2. The maximum atomic E-state index is 12.5. The van der Waals surface area contributed by atoms with Crippen molar-refractivity contribution in [3.63, 3.8) is 0 Å². The maximum Gasteiger partial charge on any atom is 0.407 e. The third-order valence-electron chi connectivity index (χ3n) is 5.19. The topological polar surface area (TPSA) is 109 Å². The Labute approximate surface area is 178 Å². The average Bonchev–Trinajstić information content (AvgIpc) is 3.41. The molecule has 9 heteroatoms. The van der Waals surface area contributed by atoms with Gasteiger partial charge in [0.05, 0.1) is 28.3 Å². The monoisotopic (exact) mass is 427 g/mol. The summed E-state index contributed by atoms with van der Waals surface area (Å²) in [5, 5.41) is 13.1. The van der Waals surface area contributed by atoms with Gasteiger partial charge in [0.2, 0.25) is 5.91 Å². The third kappa shape index (κ3) is 4.79. The first kappa shape index (κ1) is 20.3. The Bertz CT molecular complexity index is 1040. The summed E-state index contributed by atoms with van der Waals surface area (Å²) in [6.07, 6.45) is 2.41. The summed E-state index contributed by atoms with van der Waals surface area (Å²) in [6.45, 7) is 3.66. The van der Waals surface area contributed by atoms with Crippen molar-refractivity contribution in [1.82, 2.24) is 20.5 Å². The largest absolute Gasteiger partial charge is 0.447 e. The fraction of sp³-hybridized carbons (Fsp3) is 0.429. The summed E-state index contributed by atoms with van der Waals surface area (Å²) in [6, 6.07) is 7.78. The molecule has 30 heavy (non-hydrogen) atoms. The highest BCUT2D eigenvalue weighted by Gasteiger charge is 2.29. The third-order valence-corrected chi connectivity index (χ3v) is 6.11. The molecule has 0 unspecified atom stereocenters. The summed E-state index contributed by atoms with van der Waals surface area (Å²) in [7, 11) is 0. The van der Waals surface area contributed by atoms with Crippen molar-refractivity contribution in [3.8, 4) is 0 Å². The molecule has 158 valence electrons. The van der Waals surface area contributed by atoms with Crippen LogP contribution in [0.4, 0.5) is 10.6 Å². The zero-order valence-electron chi connectivity index (χ0n) is 17.0. The smallest absolute Gasteiger partial charge is 0.407 e. The first-order valence-corrected chi connectivity index (χ1v) is 11.0. The molecule has 1 saturated carbocycles. The minimum Gasteiger partial charge on any atom is -0.447 e. The molecule has 0 spiro atoms. The van der Waals surface area contributed by atoms with E-state index in [2.05, 4.69) is 25.8 Å². The minimum absolute atomic E-state index is 0.0856. The van der Waals surface area contributed by atoms with Crippen LogP contribution in [0.3, 0.4) is 0 Å². The number of rotatable bonds is 6. The molecule has 1 aromatic carbocycles. The van der Waals surface area contributed by atoms with Gasteiger partial charge < -0.3 is 15.4 Å². The SMILES string of the molecule is CC(C)OC(=O)N[C@@H]1CC[C@H](c2cc(NC(=O)Cc3cccc4ncsc34)n[nH]2)C1. The van der Waals surface area contributed by atoms with Gasteiger partial charge in [0.25, 0.3) is 0 Å². The first-order valence-electron chi connectivity index (χ1n) is 10.1. The van der Waals surface area contributed by atoms with Gasteiger partial charge in [-0.3, -0.25) is 9.89 Å². The molecule has 3 aromatic rings. The molecule has 0 saturated heterocycles. The molecule has 0 aliphatic heterocycles. The van der Waals surface area contributed by atoms with Gasteiger partial charge in [0, 0.05) is 23.7 Å². The summed E-state index contributed by atoms with van der Waals surface area (Å²) in [5.74, 6) is 0.664. The van der Waals surface area contributed by atoms with Crippen molar-refractivity contribution in [2.24, 2.45) is 0 Å². The standard InChI is InChI=1S/C21H25N5O3S/c1-12(2)29-21(28)23-15-7-6-13(8-15)17-10-18(26-25-17)24-19(27)9-14-4-3-5-16-20(14)30-11-22-16/h3-5,10-13,15H,6-9H2,1-2H3,(H,23,28)(H2,24,25,26,27)/t13-,15+/m0/s1. The number of carbonyl (C=O) groups excluding carboxylic acids is 2. The van der Waals surface area contributed by atoms with Crippen LogP contribution in [-0.4, -0.2) is 39.3 Å². The van der Waals surface area contributed by atoms with E-state index in [4.69, 9.17) is 4.74 Å². The number of alkyl carbamates (subject to hydrolysis) is 1. The van der Waals surface area contributed by atoms with Crippen molar-refractivity contribution in [1.29, 1.82) is 0 Å². The van der Waals surface area contributed by atoms with Gasteiger partial charge in [-0.1, -0.05) is 12.1 Å². The second-order valence-electron chi connectivity index (χ2n) is 7.86. The number of fused-ring (bicyclic) bond motifs is 1. The van der Waals surface area contributed by atoms with Gasteiger partial charge in [-0.05, 0) is 44.7 Å². The van der Waals surface area contributed by atoms with Crippen LogP contribution in [0.1, 0.15) is 50.3 Å². The van der Waals surface area contributed by atoms with Crippen molar-refractivity contribution >= 4 is 39.4 Å². The highest BCUT2D eigenvalue weighted by atomic mass is 32.1. The maximum absolute atomic E-state index is 12.5. The minimum atomic E-state index is -0.371. The second-order valence-corrected chi connectivity index (χ2v) is 8.71. The van der Waals surface area contributed by atoms with E-state index in [9.17, 15) is 9.59 Å². The van der Waals surface area contributed by atoms with E-state index in [0.717, 1.165) is 40.7 Å². The lowest BCUT2D eigenvalue weighted by molar-refractivity contribution is -0.115. The quantitative estimate of drug-likeness (QED) is 0.551. The predicted molar refractivity (Wildman–Crippen MR) is 116 cm³/mol. The highest BCUT2D eigenvalue weighted by molar-refractivity contribution is 7.17. The summed E-state index contributed by atoms with van der Waals surface area (Å²) >= 11 is 1.54. The van der Waals surface area contributed by atoms with E-state index in [1.165, 1.54) is 11.3 Å². The van der Waals surface area contributed by atoms with E-state index in [0.29, 0.717) is 5.82 Å². The molecule has 1 fully saturated rings. The van der Waals surface area contributed by atoms with Gasteiger partial charge >= 0.3 is 6.09 Å². The Morgan fingerprint density at radius 3 is 3.03 bits per heavy atom. The molecule has 2 amide bonds. The van der Waals surface area contributed by atoms with E-state index < -0.39 is 0 Å². The van der Waals surface area contributed by atoms with Gasteiger partial charge in [0.1, 0.15) is 0 Å². The normalized spacial score (nSPS) is 18.6. The van der Waals surface area contributed by atoms with Crippen LogP contribution in [-0.2, 0) is 16.0 Å². The van der Waals surface area contributed by atoms with Crippen molar-refractivity contribution in [2.75, 3.05) is 5.32 Å². The molecule has 1 aliphatic carbocycles. The van der Waals surface area contributed by atoms with E-state index >= 15 is 0 Å². The molecule has 4 rings (SSSR count). The molecular formula is C21H25N5O3S. The van der Waals surface area contributed by atoms with Crippen LogP contribution < -0.4 is 10.6 Å². The Balaban J connectivity index is 1.31. The number of aromatic amines is 1. The summed E-state index contributed by atoms with van der Waals surface area (Å²) in [5.41, 5.74) is 4.63. The summed E-state index contributed by atoms with van der Waals surface area (Å²) in [4.78, 5) is 28.6. The van der Waals surface area contributed by atoms with Crippen LogP contribution >= 0.6 is 11.3 Å². The molecule has 2 heterocycles. The second kappa shape index (κ2) is 8.83. The van der Waals surface area contributed by atoms with Crippen molar-refractivity contribution in [3.05, 3.63) is 41.0 Å². The number of aromatic nitrogens is 3. The average molecular weight is 428 g/mol. The molecule has 0 bridgehead atoms. The van der Waals surface area contributed by atoms with Crippen LogP contribution in [0, 0.1) is 0 Å². The molecular weight excluding hydrogens is 402 g/mol. The molecule has 2 aromatic heterocycles. The number of H-pyrrole nitrogens is 1. The van der Waals surface area contributed by atoms with E-state index in [1.807, 2.05) is 38.1 Å².